The summed E-state index contributed by atoms with van der Waals surface area (Å²) in [6.45, 7) is 7.13. The fraction of sp³-hybridized carbons (Fsp3) is 0.765. The number of rotatable bonds is 4. The number of carbonyl (C=O) groups is 1. The number of urea groups is 1. The summed E-state index contributed by atoms with van der Waals surface area (Å²) in [7, 11) is 0. The Bertz CT molecular complexity index is 539. The quantitative estimate of drug-likeness (QED) is 0.884. The molecular formula is C17H28N4OS. The Morgan fingerprint density at radius 3 is 2.91 bits per heavy atom. The van der Waals surface area contributed by atoms with Crippen molar-refractivity contribution < 1.29 is 4.79 Å². The molecule has 3 rings (SSSR count). The molecule has 5 nitrogen and oxygen atoms in total. The molecule has 1 saturated heterocycles. The van der Waals surface area contributed by atoms with Gasteiger partial charge >= 0.3 is 6.03 Å². The Kier molecular flexibility index (Phi) is 5.19. The first-order valence-corrected chi connectivity index (χ1v) is 9.85. The highest BCUT2D eigenvalue weighted by molar-refractivity contribution is 7.99. The van der Waals surface area contributed by atoms with Gasteiger partial charge in [-0.25, -0.2) is 4.79 Å². The fourth-order valence-corrected chi connectivity index (χ4v) is 5.22. The lowest BCUT2D eigenvalue weighted by molar-refractivity contribution is 0.189. The lowest BCUT2D eigenvalue weighted by Gasteiger charge is -2.27. The van der Waals surface area contributed by atoms with Crippen LogP contribution in [0, 0.1) is 13.8 Å². The predicted molar refractivity (Wildman–Crippen MR) is 94.8 cm³/mol. The number of likely N-dealkylation sites (tertiary alicyclic amines) is 1. The molecule has 0 unspecified atom stereocenters. The molecule has 6 heteroatoms. The van der Waals surface area contributed by atoms with Gasteiger partial charge in [0.05, 0.1) is 11.7 Å². The summed E-state index contributed by atoms with van der Waals surface area (Å²) < 4.78 is 0. The minimum atomic E-state index is 0.111. The zero-order valence-electron chi connectivity index (χ0n) is 14.4. The van der Waals surface area contributed by atoms with Crippen molar-refractivity contribution in [3.8, 4) is 0 Å². The van der Waals surface area contributed by atoms with Gasteiger partial charge in [0.15, 0.2) is 0 Å². The minimum Gasteiger partial charge on any atom is -0.335 e. The van der Waals surface area contributed by atoms with Crippen LogP contribution in [-0.2, 0) is 0 Å². The number of nitrogens with zero attached hydrogens (tertiary/aromatic N) is 2. The third-order valence-corrected chi connectivity index (χ3v) is 6.38. The number of hydrogen-bond acceptors (Lipinski definition) is 3. The van der Waals surface area contributed by atoms with Gasteiger partial charge in [-0.15, -0.1) is 0 Å². The molecule has 1 saturated carbocycles. The van der Waals surface area contributed by atoms with E-state index in [2.05, 4.69) is 22.4 Å². The maximum absolute atomic E-state index is 12.8. The molecule has 0 radical (unpaired) electrons. The van der Waals surface area contributed by atoms with Crippen molar-refractivity contribution >= 4 is 17.8 Å². The van der Waals surface area contributed by atoms with Crippen LogP contribution in [-0.4, -0.2) is 44.7 Å². The van der Waals surface area contributed by atoms with E-state index in [0.29, 0.717) is 6.04 Å². The van der Waals surface area contributed by atoms with Crippen molar-refractivity contribution in [3.05, 3.63) is 17.0 Å². The number of H-pyrrole nitrogens is 1. The molecule has 2 N–H and O–H groups in total. The SMILES string of the molecule is CCS[C@@H]1CC[C@@H](NC(=O)N2CCC[C@H]2c2c(C)n[nH]c2C)C1. The monoisotopic (exact) mass is 336 g/mol. The topological polar surface area (TPSA) is 61.0 Å². The van der Waals surface area contributed by atoms with Crippen LogP contribution < -0.4 is 5.32 Å². The Balaban J connectivity index is 1.63. The van der Waals surface area contributed by atoms with E-state index < -0.39 is 0 Å². The van der Waals surface area contributed by atoms with Crippen molar-refractivity contribution in [3.63, 3.8) is 0 Å². The van der Waals surface area contributed by atoms with Crippen LogP contribution in [0.2, 0.25) is 0 Å². The van der Waals surface area contributed by atoms with E-state index in [1.54, 1.807) is 0 Å². The first-order chi connectivity index (χ1) is 11.1. The molecule has 0 bridgehead atoms. The standard InChI is InChI=1S/C17H28N4OS/c1-4-23-14-8-7-13(10-14)18-17(22)21-9-5-6-15(21)16-11(2)19-20-12(16)3/h13-15H,4-10H2,1-3H3,(H,18,22)(H,19,20)/t13-,14-,15+/m1/s1. The highest BCUT2D eigenvalue weighted by atomic mass is 32.2. The largest absolute Gasteiger partial charge is 0.335 e. The third-order valence-electron chi connectivity index (χ3n) is 5.15. The molecule has 2 fully saturated rings. The summed E-state index contributed by atoms with van der Waals surface area (Å²) in [6.07, 6.45) is 5.57. The molecular weight excluding hydrogens is 308 g/mol. The molecule has 1 aromatic heterocycles. The zero-order chi connectivity index (χ0) is 16.4. The van der Waals surface area contributed by atoms with E-state index in [0.717, 1.165) is 48.9 Å². The molecule has 3 atom stereocenters. The van der Waals surface area contributed by atoms with Crippen LogP contribution in [0.3, 0.4) is 0 Å². The van der Waals surface area contributed by atoms with E-state index >= 15 is 0 Å². The second-order valence-corrected chi connectivity index (χ2v) is 8.31. The highest BCUT2D eigenvalue weighted by Gasteiger charge is 2.35. The molecule has 1 aromatic rings. The number of hydrogen-bond donors (Lipinski definition) is 2. The van der Waals surface area contributed by atoms with Gasteiger partial charge in [-0.05, 0) is 51.7 Å². The number of amides is 2. The van der Waals surface area contributed by atoms with E-state index in [1.807, 2.05) is 30.5 Å². The van der Waals surface area contributed by atoms with Gasteiger partial charge in [0.2, 0.25) is 0 Å². The predicted octanol–water partition coefficient (Wildman–Crippen LogP) is 3.55. The maximum Gasteiger partial charge on any atom is 0.318 e. The van der Waals surface area contributed by atoms with Crippen molar-refractivity contribution in [1.29, 1.82) is 0 Å². The van der Waals surface area contributed by atoms with Crippen molar-refractivity contribution in [2.75, 3.05) is 12.3 Å². The van der Waals surface area contributed by atoms with Gasteiger partial charge in [0.25, 0.3) is 0 Å². The number of aromatic amines is 1. The Hall–Kier alpha value is -1.17. The van der Waals surface area contributed by atoms with Crippen molar-refractivity contribution in [2.24, 2.45) is 0 Å². The zero-order valence-corrected chi connectivity index (χ0v) is 15.2. The van der Waals surface area contributed by atoms with Crippen LogP contribution in [0.5, 0.6) is 0 Å². The summed E-state index contributed by atoms with van der Waals surface area (Å²) in [6, 6.07) is 0.634. The lowest BCUT2D eigenvalue weighted by Crippen LogP contribution is -2.44. The first-order valence-electron chi connectivity index (χ1n) is 8.80. The molecule has 1 aliphatic heterocycles. The van der Waals surface area contributed by atoms with Gasteiger partial charge in [-0.3, -0.25) is 5.10 Å². The second kappa shape index (κ2) is 7.16. The average molecular weight is 337 g/mol. The van der Waals surface area contributed by atoms with E-state index in [4.69, 9.17) is 0 Å². The van der Waals surface area contributed by atoms with Gasteiger partial charge in [0.1, 0.15) is 0 Å². The molecule has 0 aromatic carbocycles. The van der Waals surface area contributed by atoms with Crippen LogP contribution in [0.1, 0.15) is 62.0 Å². The van der Waals surface area contributed by atoms with Crippen molar-refractivity contribution in [1.82, 2.24) is 20.4 Å². The summed E-state index contributed by atoms with van der Waals surface area (Å²) >= 11 is 2.03. The summed E-state index contributed by atoms with van der Waals surface area (Å²) in [5, 5.41) is 11.4. The van der Waals surface area contributed by atoms with Gasteiger partial charge < -0.3 is 10.2 Å². The smallest absolute Gasteiger partial charge is 0.318 e. The van der Waals surface area contributed by atoms with Crippen LogP contribution in [0.25, 0.3) is 0 Å². The molecule has 2 aliphatic rings. The van der Waals surface area contributed by atoms with Gasteiger partial charge in [0, 0.05) is 29.1 Å². The summed E-state index contributed by atoms with van der Waals surface area (Å²) in [5.74, 6) is 1.17. The van der Waals surface area contributed by atoms with Crippen LogP contribution in [0.4, 0.5) is 4.79 Å². The van der Waals surface area contributed by atoms with Crippen LogP contribution in [0.15, 0.2) is 0 Å². The summed E-state index contributed by atoms with van der Waals surface area (Å²) in [4.78, 5) is 14.8. The second-order valence-electron chi connectivity index (χ2n) is 6.74. The Labute approximate surface area is 143 Å². The number of aromatic nitrogens is 2. The van der Waals surface area contributed by atoms with E-state index in [1.165, 1.54) is 17.7 Å². The molecule has 128 valence electrons. The van der Waals surface area contributed by atoms with Crippen LogP contribution >= 0.6 is 11.8 Å². The number of aryl methyl sites for hydroxylation is 2. The minimum absolute atomic E-state index is 0.111. The van der Waals surface area contributed by atoms with Gasteiger partial charge in [-0.1, -0.05) is 6.92 Å². The molecule has 2 amide bonds. The normalized spacial score (nSPS) is 27.6. The van der Waals surface area contributed by atoms with Gasteiger partial charge in [-0.2, -0.15) is 16.9 Å². The highest BCUT2D eigenvalue weighted by Crippen LogP contribution is 2.35. The average Bonchev–Trinajstić information content (AvgIpc) is 3.21. The Morgan fingerprint density at radius 2 is 2.22 bits per heavy atom. The summed E-state index contributed by atoms with van der Waals surface area (Å²) in [5.41, 5.74) is 3.32. The lowest BCUT2D eigenvalue weighted by atomic mass is 10.0. The molecule has 1 aliphatic carbocycles. The number of thioether (sulfide) groups is 1. The fourth-order valence-electron chi connectivity index (χ4n) is 4.08. The maximum atomic E-state index is 12.8. The number of carbonyl (C=O) groups excluding carboxylic acids is 1. The van der Waals surface area contributed by atoms with E-state index in [-0.39, 0.29) is 12.1 Å². The molecule has 23 heavy (non-hydrogen) atoms. The first kappa shape index (κ1) is 16.7. The molecule has 2 heterocycles. The third kappa shape index (κ3) is 3.52. The van der Waals surface area contributed by atoms with Crippen molar-refractivity contribution in [2.45, 2.75) is 70.2 Å². The van der Waals surface area contributed by atoms with E-state index in [9.17, 15) is 4.79 Å². The molecule has 0 spiro atoms. The Morgan fingerprint density at radius 1 is 1.39 bits per heavy atom. The number of nitrogens with one attached hydrogen (secondary N) is 2.